The zero-order chi connectivity index (χ0) is 20.8. The quantitative estimate of drug-likeness (QED) is 0.433. The highest BCUT2D eigenvalue weighted by Crippen LogP contribution is 2.30. The minimum atomic E-state index is -0.460. The molecule has 0 aliphatic heterocycles. The Bertz CT molecular complexity index is 1110. The zero-order valence-corrected chi connectivity index (χ0v) is 17.0. The Morgan fingerprint density at radius 2 is 1.87 bits per heavy atom. The van der Waals surface area contributed by atoms with E-state index in [0.717, 1.165) is 29.3 Å². The minimum absolute atomic E-state index is 0.247. The molecular weight excluding hydrogens is 374 g/mol. The van der Waals surface area contributed by atoms with Crippen molar-refractivity contribution in [3.63, 3.8) is 0 Å². The predicted octanol–water partition coefficient (Wildman–Crippen LogP) is 5.71. The maximum Gasteiger partial charge on any atom is 0.412 e. The van der Waals surface area contributed by atoms with Gasteiger partial charge in [-0.05, 0) is 53.9 Å². The highest BCUT2D eigenvalue weighted by atomic mass is 16.6. The van der Waals surface area contributed by atoms with Gasteiger partial charge in [-0.2, -0.15) is 0 Å². The van der Waals surface area contributed by atoms with Gasteiger partial charge < -0.3 is 14.6 Å². The van der Waals surface area contributed by atoms with E-state index in [1.165, 1.54) is 5.56 Å². The third-order valence-corrected chi connectivity index (χ3v) is 5.17. The summed E-state index contributed by atoms with van der Waals surface area (Å²) >= 11 is 0. The van der Waals surface area contributed by atoms with Crippen molar-refractivity contribution in [3.8, 4) is 5.75 Å². The van der Waals surface area contributed by atoms with Gasteiger partial charge in [0.2, 0.25) is 0 Å². The van der Waals surface area contributed by atoms with Crippen molar-refractivity contribution in [2.24, 2.45) is 0 Å². The van der Waals surface area contributed by atoms with Crippen molar-refractivity contribution >= 4 is 17.0 Å². The lowest BCUT2D eigenvalue weighted by molar-refractivity contribution is 0.200. The van der Waals surface area contributed by atoms with E-state index >= 15 is 0 Å². The normalized spacial score (nSPS) is 11.9. The summed E-state index contributed by atoms with van der Waals surface area (Å²) in [7, 11) is 0. The standard InChI is InChI=1S/C25H25N3O2/c1-2-6-23(20-11-14-26-15-12-20)28-16-13-21-17-22(9-10-24(21)28)30-25(29)27-18-19-7-4-3-5-8-19/h3-5,7-17,23H,2,6,18H2,1H3,(H,27,29). The molecule has 5 nitrogen and oxygen atoms in total. The van der Waals surface area contributed by atoms with Gasteiger partial charge in [0.05, 0.1) is 6.04 Å². The molecule has 0 aliphatic rings. The second-order valence-corrected chi connectivity index (χ2v) is 7.26. The zero-order valence-electron chi connectivity index (χ0n) is 17.0. The minimum Gasteiger partial charge on any atom is -0.410 e. The van der Waals surface area contributed by atoms with Crippen molar-refractivity contribution in [1.82, 2.24) is 14.9 Å². The number of hydrogen-bond acceptors (Lipinski definition) is 3. The van der Waals surface area contributed by atoms with Crippen LogP contribution in [0.4, 0.5) is 4.79 Å². The van der Waals surface area contributed by atoms with E-state index in [1.54, 1.807) is 0 Å². The van der Waals surface area contributed by atoms with Gasteiger partial charge >= 0.3 is 6.09 Å². The molecule has 152 valence electrons. The number of aromatic nitrogens is 2. The average molecular weight is 399 g/mol. The molecule has 0 spiro atoms. The van der Waals surface area contributed by atoms with Crippen LogP contribution in [0.15, 0.2) is 85.3 Å². The molecule has 0 bridgehead atoms. The molecule has 4 aromatic rings. The number of carbonyl (C=O) groups excluding carboxylic acids is 1. The molecule has 2 aromatic heterocycles. The number of benzene rings is 2. The Hall–Kier alpha value is -3.60. The second kappa shape index (κ2) is 9.27. The summed E-state index contributed by atoms with van der Waals surface area (Å²) in [5, 5.41) is 3.83. The molecule has 30 heavy (non-hydrogen) atoms. The van der Waals surface area contributed by atoms with Gasteiger partial charge in [-0.15, -0.1) is 0 Å². The van der Waals surface area contributed by atoms with Gasteiger partial charge in [0.15, 0.2) is 0 Å². The first-order valence-electron chi connectivity index (χ1n) is 10.2. The van der Waals surface area contributed by atoms with Crippen molar-refractivity contribution in [2.75, 3.05) is 0 Å². The van der Waals surface area contributed by atoms with Crippen LogP contribution in [-0.2, 0) is 6.54 Å². The lowest BCUT2D eigenvalue weighted by Gasteiger charge is -2.20. The smallest absolute Gasteiger partial charge is 0.410 e. The second-order valence-electron chi connectivity index (χ2n) is 7.26. The van der Waals surface area contributed by atoms with Crippen LogP contribution in [0.3, 0.4) is 0 Å². The number of rotatable bonds is 7. The first kappa shape index (κ1) is 19.7. The van der Waals surface area contributed by atoms with E-state index in [9.17, 15) is 4.79 Å². The maximum atomic E-state index is 12.2. The number of carbonyl (C=O) groups is 1. The fourth-order valence-electron chi connectivity index (χ4n) is 3.72. The maximum absolute atomic E-state index is 12.2. The van der Waals surface area contributed by atoms with Crippen LogP contribution in [0.25, 0.3) is 10.9 Å². The van der Waals surface area contributed by atoms with E-state index in [-0.39, 0.29) is 6.04 Å². The molecule has 0 saturated heterocycles. The summed E-state index contributed by atoms with van der Waals surface area (Å²) in [5.74, 6) is 0.529. The van der Waals surface area contributed by atoms with Crippen molar-refractivity contribution in [3.05, 3.63) is 96.4 Å². The average Bonchev–Trinajstić information content (AvgIpc) is 3.20. The Morgan fingerprint density at radius 3 is 2.63 bits per heavy atom. The Morgan fingerprint density at radius 1 is 1.07 bits per heavy atom. The molecule has 1 atom stereocenters. The molecule has 0 saturated carbocycles. The third kappa shape index (κ3) is 4.51. The van der Waals surface area contributed by atoms with Gasteiger partial charge in [-0.1, -0.05) is 43.7 Å². The molecule has 0 radical (unpaired) electrons. The number of nitrogens with one attached hydrogen (secondary N) is 1. The SMILES string of the molecule is CCCC(c1ccncc1)n1ccc2cc(OC(=O)NCc3ccccc3)ccc21. The molecule has 2 aromatic carbocycles. The summed E-state index contributed by atoms with van der Waals surface area (Å²) in [6.07, 6.45) is 7.43. The van der Waals surface area contributed by atoms with E-state index in [0.29, 0.717) is 12.3 Å². The lowest BCUT2D eigenvalue weighted by atomic mass is 10.0. The first-order chi connectivity index (χ1) is 14.7. The number of ether oxygens (including phenoxy) is 1. The molecule has 1 unspecified atom stereocenters. The van der Waals surface area contributed by atoms with Gasteiger partial charge in [0, 0.05) is 36.0 Å². The summed E-state index contributed by atoms with van der Waals surface area (Å²) in [5.41, 5.74) is 3.38. The topological polar surface area (TPSA) is 56.2 Å². The van der Waals surface area contributed by atoms with Crippen LogP contribution < -0.4 is 10.1 Å². The van der Waals surface area contributed by atoms with Crippen LogP contribution in [-0.4, -0.2) is 15.6 Å². The van der Waals surface area contributed by atoms with Crippen molar-refractivity contribution in [1.29, 1.82) is 0 Å². The highest BCUT2D eigenvalue weighted by molar-refractivity contribution is 5.83. The molecule has 2 heterocycles. The predicted molar refractivity (Wildman–Crippen MR) is 119 cm³/mol. The molecule has 4 rings (SSSR count). The number of hydrogen-bond donors (Lipinski definition) is 1. The van der Waals surface area contributed by atoms with Gasteiger partial charge in [0.1, 0.15) is 5.75 Å². The van der Waals surface area contributed by atoms with Crippen molar-refractivity contribution < 1.29 is 9.53 Å². The fraction of sp³-hybridized carbons (Fsp3) is 0.200. The van der Waals surface area contributed by atoms with E-state index in [2.05, 4.69) is 46.2 Å². The van der Waals surface area contributed by atoms with Crippen LogP contribution >= 0.6 is 0 Å². The fourth-order valence-corrected chi connectivity index (χ4v) is 3.72. The molecule has 0 aliphatic carbocycles. The van der Waals surface area contributed by atoms with Crippen molar-refractivity contribution in [2.45, 2.75) is 32.4 Å². The van der Waals surface area contributed by atoms with E-state index in [4.69, 9.17) is 4.74 Å². The molecule has 1 N–H and O–H groups in total. The number of nitrogens with zero attached hydrogens (tertiary/aromatic N) is 2. The number of fused-ring (bicyclic) bond motifs is 1. The largest absolute Gasteiger partial charge is 0.412 e. The Balaban J connectivity index is 1.49. The summed E-state index contributed by atoms with van der Waals surface area (Å²) in [6.45, 7) is 2.63. The van der Waals surface area contributed by atoms with E-state index < -0.39 is 6.09 Å². The number of amides is 1. The molecule has 5 heteroatoms. The molecular formula is C25H25N3O2. The summed E-state index contributed by atoms with van der Waals surface area (Å²) < 4.78 is 7.76. The van der Waals surface area contributed by atoms with Crippen LogP contribution in [0.2, 0.25) is 0 Å². The first-order valence-corrected chi connectivity index (χ1v) is 10.2. The monoisotopic (exact) mass is 399 g/mol. The lowest BCUT2D eigenvalue weighted by Crippen LogP contribution is -2.26. The van der Waals surface area contributed by atoms with Gasteiger partial charge in [-0.25, -0.2) is 4.79 Å². The molecule has 0 fully saturated rings. The number of pyridine rings is 1. The van der Waals surface area contributed by atoms with Crippen LogP contribution in [0.5, 0.6) is 5.75 Å². The van der Waals surface area contributed by atoms with Crippen LogP contribution in [0, 0.1) is 0 Å². The Kier molecular flexibility index (Phi) is 6.09. The molecule has 1 amide bonds. The summed E-state index contributed by atoms with van der Waals surface area (Å²) in [6, 6.07) is 22.0. The van der Waals surface area contributed by atoms with Gasteiger partial charge in [0.25, 0.3) is 0 Å². The van der Waals surface area contributed by atoms with Crippen LogP contribution in [0.1, 0.15) is 36.9 Å². The third-order valence-electron chi connectivity index (χ3n) is 5.17. The van der Waals surface area contributed by atoms with Gasteiger partial charge in [-0.3, -0.25) is 4.98 Å². The van der Waals surface area contributed by atoms with E-state index in [1.807, 2.05) is 60.9 Å². The highest BCUT2D eigenvalue weighted by Gasteiger charge is 2.15. The Labute approximate surface area is 176 Å². The summed E-state index contributed by atoms with van der Waals surface area (Å²) in [4.78, 5) is 16.3.